The highest BCUT2D eigenvalue weighted by atomic mass is 79.9. The summed E-state index contributed by atoms with van der Waals surface area (Å²) in [4.78, 5) is 13.2. The van der Waals surface area contributed by atoms with E-state index in [1.807, 2.05) is 66.9 Å². The molecule has 4 rings (SSSR count). The molecule has 1 amide bonds. The Kier molecular flexibility index (Phi) is 4.82. The number of halogens is 1. The Bertz CT molecular complexity index is 1120. The first-order valence-electron chi connectivity index (χ1n) is 8.65. The molecule has 4 aromatic rings. The van der Waals surface area contributed by atoms with Crippen LogP contribution in [0.4, 0.5) is 5.95 Å². The van der Waals surface area contributed by atoms with Crippen LogP contribution in [0.5, 0.6) is 5.75 Å². The number of aromatic amines is 1. The number of carbonyl (C=O) groups excluding carboxylic acids is 1. The number of nitrogens with one attached hydrogen (secondary N) is 2. The number of rotatable bonds is 5. The number of H-pyrrole nitrogens is 1. The third-order valence-electron chi connectivity index (χ3n) is 4.04. The molecule has 0 radical (unpaired) electrons. The molecule has 0 aliphatic carbocycles. The van der Waals surface area contributed by atoms with E-state index in [1.165, 1.54) is 0 Å². The van der Waals surface area contributed by atoms with Crippen LogP contribution in [0.25, 0.3) is 16.6 Å². The second-order valence-electron chi connectivity index (χ2n) is 6.37. The normalized spacial score (nSPS) is 11.1. The number of ether oxygens (including phenoxy) is 1. The number of para-hydroxylation sites is 1. The van der Waals surface area contributed by atoms with Crippen molar-refractivity contribution in [2.45, 2.75) is 20.0 Å². The van der Waals surface area contributed by atoms with Gasteiger partial charge in [0.2, 0.25) is 0 Å². The highest BCUT2D eigenvalue weighted by molar-refractivity contribution is 9.10. The van der Waals surface area contributed by atoms with E-state index < -0.39 is 5.91 Å². The van der Waals surface area contributed by atoms with Crippen molar-refractivity contribution in [1.82, 2.24) is 25.2 Å². The van der Waals surface area contributed by atoms with E-state index in [0.717, 1.165) is 21.1 Å². The predicted octanol–water partition coefficient (Wildman–Crippen LogP) is 3.95. The summed E-state index contributed by atoms with van der Waals surface area (Å²) in [7, 11) is 0. The summed E-state index contributed by atoms with van der Waals surface area (Å²) in [6.07, 6.45) is -0.120. The first kappa shape index (κ1) is 18.2. The SMILES string of the molecule is CC(C)Oc1c(C(=O)Nc2nn[nH]n2)n(-c2ccccc2)c2ccc(Br)cc12. The standard InChI is InChI=1S/C19H17BrN6O2/c1-11(2)28-17-14-10-12(20)8-9-15(14)26(13-6-4-3-5-7-13)16(17)18(27)21-19-22-24-25-23-19/h3-11H,1-2H3,(H2,21,22,23,24,25,27). The van der Waals surface area contributed by atoms with Gasteiger partial charge < -0.3 is 9.30 Å². The van der Waals surface area contributed by atoms with Gasteiger partial charge in [-0.1, -0.05) is 39.2 Å². The van der Waals surface area contributed by atoms with Crippen molar-refractivity contribution in [2.75, 3.05) is 5.32 Å². The van der Waals surface area contributed by atoms with Gasteiger partial charge in [-0.25, -0.2) is 0 Å². The first-order valence-corrected chi connectivity index (χ1v) is 9.44. The van der Waals surface area contributed by atoms with Crippen molar-refractivity contribution in [1.29, 1.82) is 0 Å². The molecule has 142 valence electrons. The smallest absolute Gasteiger partial charge is 0.279 e. The summed E-state index contributed by atoms with van der Waals surface area (Å²) in [6, 6.07) is 15.5. The number of amides is 1. The topological polar surface area (TPSA) is 97.7 Å². The lowest BCUT2D eigenvalue weighted by Gasteiger charge is -2.13. The number of hydrogen-bond donors (Lipinski definition) is 2. The van der Waals surface area contributed by atoms with E-state index in [9.17, 15) is 4.79 Å². The number of nitrogens with zero attached hydrogens (tertiary/aromatic N) is 4. The molecule has 0 saturated carbocycles. The lowest BCUT2D eigenvalue weighted by molar-refractivity contribution is 0.101. The first-order chi connectivity index (χ1) is 13.5. The van der Waals surface area contributed by atoms with Crippen LogP contribution in [0.3, 0.4) is 0 Å². The van der Waals surface area contributed by atoms with Gasteiger partial charge in [-0.3, -0.25) is 10.1 Å². The van der Waals surface area contributed by atoms with Crippen LogP contribution in [0.2, 0.25) is 0 Å². The highest BCUT2D eigenvalue weighted by Crippen LogP contribution is 2.38. The molecule has 0 aliphatic rings. The lowest BCUT2D eigenvalue weighted by atomic mass is 10.2. The lowest BCUT2D eigenvalue weighted by Crippen LogP contribution is -2.19. The number of hydrogen-bond acceptors (Lipinski definition) is 5. The third-order valence-corrected chi connectivity index (χ3v) is 4.53. The minimum absolute atomic E-state index is 0.0894. The van der Waals surface area contributed by atoms with Gasteiger partial charge in [-0.15, -0.1) is 5.10 Å². The fourth-order valence-electron chi connectivity index (χ4n) is 3.02. The molecule has 2 aromatic carbocycles. The molecule has 0 unspecified atom stereocenters. The Hall–Kier alpha value is -3.20. The van der Waals surface area contributed by atoms with Crippen LogP contribution >= 0.6 is 15.9 Å². The Labute approximate surface area is 169 Å². The van der Waals surface area contributed by atoms with Crippen LogP contribution in [-0.4, -0.2) is 37.2 Å². The van der Waals surface area contributed by atoms with Gasteiger partial charge in [0.05, 0.1) is 11.6 Å². The van der Waals surface area contributed by atoms with Crippen molar-refractivity contribution < 1.29 is 9.53 Å². The van der Waals surface area contributed by atoms with Crippen molar-refractivity contribution in [3.63, 3.8) is 0 Å². The van der Waals surface area contributed by atoms with E-state index >= 15 is 0 Å². The maximum Gasteiger partial charge on any atom is 0.279 e. The fourth-order valence-corrected chi connectivity index (χ4v) is 3.38. The maximum absolute atomic E-state index is 13.2. The largest absolute Gasteiger partial charge is 0.488 e. The zero-order valence-corrected chi connectivity index (χ0v) is 16.8. The van der Waals surface area contributed by atoms with Crippen LogP contribution in [0.1, 0.15) is 24.3 Å². The third kappa shape index (κ3) is 3.36. The summed E-state index contributed by atoms with van der Waals surface area (Å²) in [5.74, 6) is 0.191. The molecule has 0 atom stereocenters. The summed E-state index contributed by atoms with van der Waals surface area (Å²) in [5, 5.41) is 16.9. The number of fused-ring (bicyclic) bond motifs is 1. The molecule has 2 aromatic heterocycles. The predicted molar refractivity (Wildman–Crippen MR) is 109 cm³/mol. The van der Waals surface area contributed by atoms with Gasteiger partial charge >= 0.3 is 0 Å². The molecular weight excluding hydrogens is 424 g/mol. The Morgan fingerprint density at radius 1 is 1.21 bits per heavy atom. The van der Waals surface area contributed by atoms with Crippen LogP contribution in [-0.2, 0) is 0 Å². The van der Waals surface area contributed by atoms with Gasteiger partial charge in [-0.2, -0.15) is 5.21 Å². The molecule has 0 bridgehead atoms. The van der Waals surface area contributed by atoms with Crippen LogP contribution < -0.4 is 10.1 Å². The van der Waals surface area contributed by atoms with Crippen molar-refractivity contribution in [3.05, 3.63) is 58.7 Å². The van der Waals surface area contributed by atoms with Crippen molar-refractivity contribution >= 4 is 38.7 Å². The minimum Gasteiger partial charge on any atom is -0.488 e. The van der Waals surface area contributed by atoms with Gasteiger partial charge in [0.15, 0.2) is 11.4 Å². The average molecular weight is 441 g/mol. The quantitative estimate of drug-likeness (QED) is 0.489. The molecule has 8 nitrogen and oxygen atoms in total. The maximum atomic E-state index is 13.2. The molecule has 0 saturated heterocycles. The second kappa shape index (κ2) is 7.43. The molecular formula is C19H17BrN6O2. The van der Waals surface area contributed by atoms with Crippen LogP contribution in [0, 0.1) is 0 Å². The van der Waals surface area contributed by atoms with Crippen LogP contribution in [0.15, 0.2) is 53.0 Å². The monoisotopic (exact) mass is 440 g/mol. The average Bonchev–Trinajstić information content (AvgIpc) is 3.28. The van der Waals surface area contributed by atoms with Gasteiger partial charge in [-0.05, 0) is 49.4 Å². The number of benzene rings is 2. The molecule has 2 heterocycles. The summed E-state index contributed by atoms with van der Waals surface area (Å²) >= 11 is 3.51. The van der Waals surface area contributed by atoms with E-state index in [2.05, 4.69) is 41.9 Å². The zero-order valence-electron chi connectivity index (χ0n) is 15.2. The van der Waals surface area contributed by atoms with Gasteiger partial charge in [0, 0.05) is 15.5 Å². The molecule has 9 heteroatoms. The van der Waals surface area contributed by atoms with Gasteiger partial charge in [0.1, 0.15) is 0 Å². The Balaban J connectivity index is 1.99. The number of tetrazole rings is 1. The Morgan fingerprint density at radius 3 is 2.68 bits per heavy atom. The number of aromatic nitrogens is 5. The fraction of sp³-hybridized carbons (Fsp3) is 0.158. The highest BCUT2D eigenvalue weighted by Gasteiger charge is 2.27. The number of carbonyl (C=O) groups is 1. The molecule has 2 N–H and O–H groups in total. The molecule has 0 fully saturated rings. The zero-order chi connectivity index (χ0) is 19.7. The Morgan fingerprint density at radius 2 is 2.00 bits per heavy atom. The van der Waals surface area contributed by atoms with Crippen molar-refractivity contribution in [3.8, 4) is 11.4 Å². The summed E-state index contributed by atoms with van der Waals surface area (Å²) < 4.78 is 8.85. The molecule has 28 heavy (non-hydrogen) atoms. The van der Waals surface area contributed by atoms with Crippen molar-refractivity contribution in [2.24, 2.45) is 0 Å². The van der Waals surface area contributed by atoms with E-state index in [0.29, 0.717) is 11.4 Å². The summed E-state index contributed by atoms with van der Waals surface area (Å²) in [5.41, 5.74) is 2.05. The van der Waals surface area contributed by atoms with E-state index in [1.54, 1.807) is 0 Å². The summed E-state index contributed by atoms with van der Waals surface area (Å²) in [6.45, 7) is 3.84. The minimum atomic E-state index is -0.395. The van der Waals surface area contributed by atoms with E-state index in [-0.39, 0.29) is 12.1 Å². The second-order valence-corrected chi connectivity index (χ2v) is 7.28. The van der Waals surface area contributed by atoms with Gasteiger partial charge in [0.25, 0.3) is 11.9 Å². The molecule has 0 aliphatic heterocycles. The number of anilines is 1. The van der Waals surface area contributed by atoms with E-state index in [4.69, 9.17) is 4.74 Å². The molecule has 0 spiro atoms.